The van der Waals surface area contributed by atoms with Crippen molar-refractivity contribution < 1.29 is 29.3 Å². The first-order chi connectivity index (χ1) is 6.60. The van der Waals surface area contributed by atoms with Gasteiger partial charge in [0.2, 0.25) is 0 Å². The van der Waals surface area contributed by atoms with Crippen LogP contribution < -0.4 is 0 Å². The third-order valence-electron chi connectivity index (χ3n) is 1.26. The highest BCUT2D eigenvalue weighted by atomic mass is 16.6. The zero-order chi connectivity index (χ0) is 11.0. The lowest BCUT2D eigenvalue weighted by Gasteiger charge is -2.07. The average molecular weight is 206 g/mol. The minimum absolute atomic E-state index is 0.116. The first-order valence-electron chi connectivity index (χ1n) is 4.20. The SMILES string of the molecule is CCC(=O)OC(=O)COCC(O)CO. The normalized spacial score (nSPS) is 12.2. The number of ether oxygens (including phenoxy) is 2. The van der Waals surface area contributed by atoms with Gasteiger partial charge in [0.05, 0.1) is 13.2 Å². The molecular weight excluding hydrogens is 192 g/mol. The van der Waals surface area contributed by atoms with Gasteiger partial charge in [-0.05, 0) is 0 Å². The molecule has 2 N–H and O–H groups in total. The Bertz CT molecular complexity index is 190. The summed E-state index contributed by atoms with van der Waals surface area (Å²) >= 11 is 0. The van der Waals surface area contributed by atoms with Crippen LogP contribution in [0.4, 0.5) is 0 Å². The Labute approximate surface area is 81.4 Å². The molecule has 0 aromatic carbocycles. The maximum Gasteiger partial charge on any atom is 0.339 e. The fraction of sp³-hybridized carbons (Fsp3) is 0.750. The van der Waals surface area contributed by atoms with Crippen molar-refractivity contribution in [2.24, 2.45) is 0 Å². The van der Waals surface area contributed by atoms with Crippen molar-refractivity contribution in [2.45, 2.75) is 19.4 Å². The summed E-state index contributed by atoms with van der Waals surface area (Å²) < 4.78 is 8.92. The van der Waals surface area contributed by atoms with Gasteiger partial charge in [-0.25, -0.2) is 4.79 Å². The van der Waals surface area contributed by atoms with Crippen LogP contribution in [-0.4, -0.2) is 48.1 Å². The van der Waals surface area contributed by atoms with Crippen molar-refractivity contribution in [3.05, 3.63) is 0 Å². The molecular formula is C8H14O6. The molecule has 14 heavy (non-hydrogen) atoms. The maximum atomic E-state index is 10.8. The number of esters is 2. The summed E-state index contributed by atoms with van der Waals surface area (Å²) in [5.74, 6) is -1.43. The molecule has 0 amide bonds. The molecule has 0 rings (SSSR count). The topological polar surface area (TPSA) is 93.1 Å². The van der Waals surface area contributed by atoms with Gasteiger partial charge in [0.1, 0.15) is 12.7 Å². The molecule has 0 aliphatic heterocycles. The number of carbonyl (C=O) groups excluding carboxylic acids is 2. The lowest BCUT2D eigenvalue weighted by atomic mass is 10.4. The Balaban J connectivity index is 3.49. The molecule has 0 spiro atoms. The highest BCUT2D eigenvalue weighted by Gasteiger charge is 2.09. The minimum Gasteiger partial charge on any atom is -0.394 e. The van der Waals surface area contributed by atoms with E-state index in [2.05, 4.69) is 9.47 Å². The van der Waals surface area contributed by atoms with E-state index in [4.69, 9.17) is 10.2 Å². The molecule has 0 aliphatic carbocycles. The quantitative estimate of drug-likeness (QED) is 0.420. The van der Waals surface area contributed by atoms with Crippen LogP contribution in [-0.2, 0) is 19.1 Å². The Hall–Kier alpha value is -0.980. The summed E-state index contributed by atoms with van der Waals surface area (Å²) in [6.45, 7) is 0.531. The minimum atomic E-state index is -1.02. The lowest BCUT2D eigenvalue weighted by Crippen LogP contribution is -2.23. The first kappa shape index (κ1) is 13.0. The summed E-state index contributed by atoms with van der Waals surface area (Å²) in [5, 5.41) is 17.2. The molecule has 0 aromatic rings. The van der Waals surface area contributed by atoms with Gasteiger partial charge in [-0.3, -0.25) is 4.79 Å². The van der Waals surface area contributed by atoms with Crippen LogP contribution in [0.2, 0.25) is 0 Å². The first-order valence-corrected chi connectivity index (χ1v) is 4.20. The molecule has 0 aromatic heterocycles. The molecule has 0 saturated carbocycles. The van der Waals surface area contributed by atoms with Crippen LogP contribution in [0.3, 0.4) is 0 Å². The van der Waals surface area contributed by atoms with E-state index in [1.165, 1.54) is 0 Å². The predicted octanol–water partition coefficient (Wildman–Crippen LogP) is -1.16. The van der Waals surface area contributed by atoms with E-state index < -0.39 is 31.3 Å². The zero-order valence-corrected chi connectivity index (χ0v) is 7.93. The zero-order valence-electron chi connectivity index (χ0n) is 7.93. The van der Waals surface area contributed by atoms with E-state index >= 15 is 0 Å². The molecule has 1 atom stereocenters. The van der Waals surface area contributed by atoms with Crippen LogP contribution in [0.15, 0.2) is 0 Å². The number of aliphatic hydroxyl groups is 2. The van der Waals surface area contributed by atoms with Gasteiger partial charge in [0, 0.05) is 6.42 Å². The molecule has 0 fully saturated rings. The van der Waals surface area contributed by atoms with E-state index in [0.29, 0.717) is 0 Å². The van der Waals surface area contributed by atoms with Crippen LogP contribution in [0, 0.1) is 0 Å². The average Bonchev–Trinajstić information content (AvgIpc) is 2.17. The third kappa shape index (κ3) is 6.53. The smallest absolute Gasteiger partial charge is 0.339 e. The fourth-order valence-electron chi connectivity index (χ4n) is 0.560. The Morgan fingerprint density at radius 2 is 2.00 bits per heavy atom. The van der Waals surface area contributed by atoms with Crippen molar-refractivity contribution >= 4 is 11.9 Å². The molecule has 0 radical (unpaired) electrons. The summed E-state index contributed by atoms with van der Waals surface area (Å²) in [6, 6.07) is 0. The highest BCUT2D eigenvalue weighted by Crippen LogP contribution is 1.89. The number of carbonyl (C=O) groups is 2. The molecule has 1 unspecified atom stereocenters. The van der Waals surface area contributed by atoms with Crippen LogP contribution >= 0.6 is 0 Å². The van der Waals surface area contributed by atoms with Gasteiger partial charge in [0.15, 0.2) is 0 Å². The van der Waals surface area contributed by atoms with Gasteiger partial charge < -0.3 is 19.7 Å². The van der Waals surface area contributed by atoms with E-state index in [1.807, 2.05) is 0 Å². The van der Waals surface area contributed by atoms with Crippen LogP contribution in [0.5, 0.6) is 0 Å². The number of hydrogen-bond donors (Lipinski definition) is 2. The standard InChI is InChI=1S/C8H14O6/c1-2-7(11)14-8(12)5-13-4-6(10)3-9/h6,9-10H,2-5H2,1H3. The van der Waals surface area contributed by atoms with E-state index in [0.717, 1.165) is 0 Å². The Kier molecular flexibility index (Phi) is 6.91. The Morgan fingerprint density at radius 3 is 2.50 bits per heavy atom. The largest absolute Gasteiger partial charge is 0.394 e. The fourth-order valence-corrected chi connectivity index (χ4v) is 0.560. The summed E-state index contributed by atoms with van der Waals surface area (Å²) in [7, 11) is 0. The van der Waals surface area contributed by atoms with Crippen molar-refractivity contribution in [2.75, 3.05) is 19.8 Å². The van der Waals surface area contributed by atoms with Crippen LogP contribution in [0.25, 0.3) is 0 Å². The highest BCUT2D eigenvalue weighted by molar-refractivity contribution is 5.85. The van der Waals surface area contributed by atoms with E-state index in [9.17, 15) is 9.59 Å². The maximum absolute atomic E-state index is 10.8. The number of rotatable bonds is 6. The monoisotopic (exact) mass is 206 g/mol. The van der Waals surface area contributed by atoms with Crippen molar-refractivity contribution in [3.63, 3.8) is 0 Å². The second-order valence-electron chi connectivity index (χ2n) is 2.55. The molecule has 0 saturated heterocycles. The van der Waals surface area contributed by atoms with Crippen molar-refractivity contribution in [3.8, 4) is 0 Å². The van der Waals surface area contributed by atoms with Gasteiger partial charge in [-0.1, -0.05) is 6.92 Å². The molecule has 0 heterocycles. The van der Waals surface area contributed by atoms with Crippen molar-refractivity contribution in [1.29, 1.82) is 0 Å². The van der Waals surface area contributed by atoms with E-state index in [1.54, 1.807) is 6.92 Å². The van der Waals surface area contributed by atoms with Gasteiger partial charge in [-0.15, -0.1) is 0 Å². The molecule has 0 aliphatic rings. The summed E-state index contributed by atoms with van der Waals surface area (Å²) in [6.07, 6.45) is -0.907. The second-order valence-corrected chi connectivity index (χ2v) is 2.55. The Morgan fingerprint density at radius 1 is 1.36 bits per heavy atom. The van der Waals surface area contributed by atoms with Crippen LogP contribution in [0.1, 0.15) is 13.3 Å². The predicted molar refractivity (Wildman–Crippen MR) is 45.3 cm³/mol. The van der Waals surface area contributed by atoms with Gasteiger partial charge in [0.25, 0.3) is 0 Å². The molecule has 82 valence electrons. The van der Waals surface area contributed by atoms with Gasteiger partial charge in [-0.2, -0.15) is 0 Å². The lowest BCUT2D eigenvalue weighted by molar-refractivity contribution is -0.163. The number of aliphatic hydroxyl groups excluding tert-OH is 2. The second kappa shape index (κ2) is 7.43. The summed E-state index contributed by atoms with van der Waals surface area (Å²) in [4.78, 5) is 21.4. The van der Waals surface area contributed by atoms with Gasteiger partial charge >= 0.3 is 11.9 Å². The number of hydrogen-bond acceptors (Lipinski definition) is 6. The molecule has 6 nitrogen and oxygen atoms in total. The summed E-state index contributed by atoms with van der Waals surface area (Å²) in [5.41, 5.74) is 0. The van der Waals surface area contributed by atoms with Crippen molar-refractivity contribution in [1.82, 2.24) is 0 Å². The van der Waals surface area contributed by atoms with E-state index in [-0.39, 0.29) is 13.0 Å². The molecule has 0 bridgehead atoms. The third-order valence-corrected chi connectivity index (χ3v) is 1.26. The molecule has 6 heteroatoms.